The van der Waals surface area contributed by atoms with E-state index in [1.807, 2.05) is 0 Å². The fraction of sp³-hybridized carbons (Fsp3) is 0.571. The van der Waals surface area contributed by atoms with Gasteiger partial charge >= 0.3 is 5.97 Å². The summed E-state index contributed by atoms with van der Waals surface area (Å²) in [6, 6.07) is 0.879. The zero-order valence-corrected chi connectivity index (χ0v) is 12.6. The number of esters is 1. The van der Waals surface area contributed by atoms with Gasteiger partial charge in [0.2, 0.25) is 0 Å². The number of rotatable bonds is 5. The molecule has 1 aromatic rings. The van der Waals surface area contributed by atoms with Crippen molar-refractivity contribution >= 4 is 5.97 Å². The standard InChI is InChI=1S/C14H22N2O4/c1-14(2,3)20-13(17)9(15)8-10-12(19-5)11(18-4)6-7-16-10/h6-7,9H,8,15H2,1-5H3. The van der Waals surface area contributed by atoms with Gasteiger partial charge in [0.1, 0.15) is 11.6 Å². The molecular formula is C14H22N2O4. The van der Waals surface area contributed by atoms with Crippen LogP contribution in [0.2, 0.25) is 0 Å². The lowest BCUT2D eigenvalue weighted by atomic mass is 10.1. The third kappa shape index (κ3) is 4.38. The second kappa shape index (κ2) is 6.56. The summed E-state index contributed by atoms with van der Waals surface area (Å²) in [5.41, 5.74) is 5.85. The largest absolute Gasteiger partial charge is 0.493 e. The fourth-order valence-electron chi connectivity index (χ4n) is 1.67. The number of aromatic nitrogens is 1. The first-order chi connectivity index (χ1) is 9.28. The van der Waals surface area contributed by atoms with Gasteiger partial charge in [0.15, 0.2) is 11.5 Å². The molecule has 0 saturated heterocycles. The Balaban J connectivity index is 2.85. The van der Waals surface area contributed by atoms with Gasteiger partial charge in [0, 0.05) is 18.7 Å². The molecule has 0 fully saturated rings. The van der Waals surface area contributed by atoms with E-state index in [0.29, 0.717) is 17.2 Å². The molecule has 0 amide bonds. The molecule has 1 heterocycles. The molecule has 0 bridgehead atoms. The molecule has 112 valence electrons. The highest BCUT2D eigenvalue weighted by atomic mass is 16.6. The molecule has 6 nitrogen and oxygen atoms in total. The number of nitrogens with zero attached hydrogens (tertiary/aromatic N) is 1. The summed E-state index contributed by atoms with van der Waals surface area (Å²) in [6.45, 7) is 5.38. The molecule has 0 radical (unpaired) electrons. The number of carbonyl (C=O) groups excluding carboxylic acids is 1. The number of pyridine rings is 1. The summed E-state index contributed by atoms with van der Waals surface area (Å²) in [6.07, 6.45) is 1.80. The van der Waals surface area contributed by atoms with Crippen molar-refractivity contribution in [3.8, 4) is 11.5 Å². The summed E-state index contributed by atoms with van der Waals surface area (Å²) in [7, 11) is 3.05. The lowest BCUT2D eigenvalue weighted by molar-refractivity contribution is -0.156. The minimum atomic E-state index is -0.803. The third-order valence-corrected chi connectivity index (χ3v) is 2.49. The van der Waals surface area contributed by atoms with E-state index in [9.17, 15) is 4.79 Å². The van der Waals surface area contributed by atoms with Crippen molar-refractivity contribution in [2.75, 3.05) is 14.2 Å². The van der Waals surface area contributed by atoms with Crippen LogP contribution in [0.5, 0.6) is 11.5 Å². The number of carbonyl (C=O) groups is 1. The molecule has 0 aliphatic heterocycles. The van der Waals surface area contributed by atoms with Crippen molar-refractivity contribution in [3.05, 3.63) is 18.0 Å². The topological polar surface area (TPSA) is 83.7 Å². The zero-order valence-electron chi connectivity index (χ0n) is 12.6. The fourth-order valence-corrected chi connectivity index (χ4v) is 1.67. The summed E-state index contributed by atoms with van der Waals surface area (Å²) < 4.78 is 15.7. The summed E-state index contributed by atoms with van der Waals surface area (Å²) >= 11 is 0. The molecular weight excluding hydrogens is 260 g/mol. The van der Waals surface area contributed by atoms with Crippen LogP contribution in [0, 0.1) is 0 Å². The van der Waals surface area contributed by atoms with Crippen LogP contribution in [0.3, 0.4) is 0 Å². The summed E-state index contributed by atoms with van der Waals surface area (Å²) in [5, 5.41) is 0. The van der Waals surface area contributed by atoms with Crippen LogP contribution in [0.25, 0.3) is 0 Å². The van der Waals surface area contributed by atoms with Crippen LogP contribution in [0.15, 0.2) is 12.3 Å². The maximum Gasteiger partial charge on any atom is 0.323 e. The average molecular weight is 282 g/mol. The predicted molar refractivity (Wildman–Crippen MR) is 74.9 cm³/mol. The Morgan fingerprint density at radius 3 is 2.50 bits per heavy atom. The summed E-state index contributed by atoms with van der Waals surface area (Å²) in [5.74, 6) is 0.562. The molecule has 2 N–H and O–H groups in total. The lowest BCUT2D eigenvalue weighted by Gasteiger charge is -2.22. The van der Waals surface area contributed by atoms with Crippen LogP contribution in [0.4, 0.5) is 0 Å². The molecule has 0 spiro atoms. The predicted octanol–water partition coefficient (Wildman–Crippen LogP) is 1.31. The molecule has 0 saturated carbocycles. The van der Waals surface area contributed by atoms with Crippen LogP contribution < -0.4 is 15.2 Å². The monoisotopic (exact) mass is 282 g/mol. The summed E-state index contributed by atoms with van der Waals surface area (Å²) in [4.78, 5) is 16.1. The van der Waals surface area contributed by atoms with Gasteiger partial charge in [-0.1, -0.05) is 0 Å². The molecule has 6 heteroatoms. The number of ether oxygens (including phenoxy) is 3. The van der Waals surface area contributed by atoms with Crippen molar-refractivity contribution in [2.24, 2.45) is 5.73 Å². The van der Waals surface area contributed by atoms with Crippen molar-refractivity contribution in [3.63, 3.8) is 0 Å². The first-order valence-electron chi connectivity index (χ1n) is 6.32. The van der Waals surface area contributed by atoms with Crippen molar-refractivity contribution in [2.45, 2.75) is 38.8 Å². The van der Waals surface area contributed by atoms with Gasteiger partial charge in [-0.05, 0) is 20.8 Å². The van der Waals surface area contributed by atoms with Gasteiger partial charge in [0.25, 0.3) is 0 Å². The molecule has 1 unspecified atom stereocenters. The number of methoxy groups -OCH3 is 2. The Kier molecular flexibility index (Phi) is 5.33. The second-order valence-electron chi connectivity index (χ2n) is 5.34. The Labute approximate surface area is 119 Å². The molecule has 20 heavy (non-hydrogen) atoms. The lowest BCUT2D eigenvalue weighted by Crippen LogP contribution is -2.39. The van der Waals surface area contributed by atoms with E-state index >= 15 is 0 Å². The first-order valence-corrected chi connectivity index (χ1v) is 6.32. The molecule has 1 atom stereocenters. The minimum Gasteiger partial charge on any atom is -0.493 e. The van der Waals surface area contributed by atoms with Gasteiger partial charge in [-0.3, -0.25) is 9.78 Å². The molecule has 0 aliphatic rings. The molecule has 0 aromatic carbocycles. The van der Waals surface area contributed by atoms with Crippen LogP contribution in [0.1, 0.15) is 26.5 Å². The van der Waals surface area contributed by atoms with E-state index in [0.717, 1.165) is 0 Å². The van der Waals surface area contributed by atoms with E-state index in [1.54, 1.807) is 33.0 Å². The minimum absolute atomic E-state index is 0.218. The number of hydrogen-bond donors (Lipinski definition) is 1. The highest BCUT2D eigenvalue weighted by Gasteiger charge is 2.24. The highest BCUT2D eigenvalue weighted by Crippen LogP contribution is 2.29. The van der Waals surface area contributed by atoms with Crippen molar-refractivity contribution < 1.29 is 19.0 Å². The van der Waals surface area contributed by atoms with Gasteiger partial charge in [-0.2, -0.15) is 0 Å². The Bertz CT molecular complexity index is 469. The second-order valence-corrected chi connectivity index (χ2v) is 5.34. The number of hydrogen-bond acceptors (Lipinski definition) is 6. The average Bonchev–Trinajstić information content (AvgIpc) is 2.36. The highest BCUT2D eigenvalue weighted by molar-refractivity contribution is 5.76. The van der Waals surface area contributed by atoms with Gasteiger partial charge in [0.05, 0.1) is 19.9 Å². The SMILES string of the molecule is COc1ccnc(CC(N)C(=O)OC(C)(C)C)c1OC. The zero-order chi connectivity index (χ0) is 15.3. The quantitative estimate of drug-likeness (QED) is 0.820. The molecule has 1 aromatic heterocycles. The Hall–Kier alpha value is -1.82. The maximum atomic E-state index is 11.9. The van der Waals surface area contributed by atoms with E-state index in [4.69, 9.17) is 19.9 Å². The number of nitrogens with two attached hydrogens (primary N) is 1. The third-order valence-electron chi connectivity index (χ3n) is 2.49. The van der Waals surface area contributed by atoms with Gasteiger partial charge in [-0.25, -0.2) is 0 Å². The van der Waals surface area contributed by atoms with Crippen LogP contribution >= 0.6 is 0 Å². The van der Waals surface area contributed by atoms with Gasteiger partial charge < -0.3 is 19.9 Å². The molecule has 1 rings (SSSR count). The Morgan fingerprint density at radius 2 is 2.00 bits per heavy atom. The first kappa shape index (κ1) is 16.2. The van der Waals surface area contributed by atoms with Gasteiger partial charge in [-0.15, -0.1) is 0 Å². The van der Waals surface area contributed by atoms with Crippen molar-refractivity contribution in [1.29, 1.82) is 0 Å². The molecule has 0 aliphatic carbocycles. The normalized spacial score (nSPS) is 12.7. The van der Waals surface area contributed by atoms with E-state index in [-0.39, 0.29) is 6.42 Å². The maximum absolute atomic E-state index is 11.9. The smallest absolute Gasteiger partial charge is 0.323 e. The van der Waals surface area contributed by atoms with E-state index in [2.05, 4.69) is 4.98 Å². The van der Waals surface area contributed by atoms with E-state index < -0.39 is 17.6 Å². The van der Waals surface area contributed by atoms with Crippen LogP contribution in [-0.2, 0) is 16.0 Å². The Morgan fingerprint density at radius 1 is 1.35 bits per heavy atom. The van der Waals surface area contributed by atoms with E-state index in [1.165, 1.54) is 14.2 Å². The van der Waals surface area contributed by atoms with Crippen LogP contribution in [-0.4, -0.2) is 36.8 Å². The van der Waals surface area contributed by atoms with Crippen molar-refractivity contribution in [1.82, 2.24) is 4.98 Å².